The fraction of sp³-hybridized carbons (Fsp3) is 0.176. The molecule has 0 aliphatic heterocycles. The van der Waals surface area contributed by atoms with E-state index in [-0.39, 0.29) is 28.1 Å². The maximum Gasteiger partial charge on any atom is 0.417 e. The van der Waals surface area contributed by atoms with Gasteiger partial charge in [-0.05, 0) is 17.5 Å². The molecule has 27 heavy (non-hydrogen) atoms. The molecule has 0 aliphatic carbocycles. The Morgan fingerprint density at radius 2 is 1.63 bits per heavy atom. The predicted octanol–water partition coefficient (Wildman–Crippen LogP) is 4.78. The Kier molecular flexibility index (Phi) is 3.53. The van der Waals surface area contributed by atoms with Crippen LogP contribution < -0.4 is 4.98 Å². The first-order chi connectivity index (χ1) is 12.5. The summed E-state index contributed by atoms with van der Waals surface area (Å²) in [6, 6.07) is 5.41. The highest BCUT2D eigenvalue weighted by molar-refractivity contribution is 5.87. The number of halogens is 6. The number of pyridine rings is 1. The van der Waals surface area contributed by atoms with Gasteiger partial charge in [-0.25, -0.2) is 9.97 Å². The van der Waals surface area contributed by atoms with Crippen molar-refractivity contribution in [1.29, 1.82) is 0 Å². The standard InChI is InChI=1S/C17H9F6N4/c1-27-14-13(6-10(7-24-14)17(21,22)23)26-15(27)12-5-8-4-9(16(18,19)20)2-3-11(8)25-12/h2-7H,1H3/q-1. The molecule has 3 heterocycles. The number of nitrogens with zero attached hydrogens (tertiary/aromatic N) is 4. The van der Waals surface area contributed by atoms with E-state index in [0.29, 0.717) is 11.7 Å². The zero-order chi connectivity index (χ0) is 19.6. The van der Waals surface area contributed by atoms with Crippen LogP contribution in [0.2, 0.25) is 0 Å². The summed E-state index contributed by atoms with van der Waals surface area (Å²) in [4.78, 5) is 12.2. The van der Waals surface area contributed by atoms with Crippen molar-refractivity contribution in [3.05, 3.63) is 47.7 Å². The Bertz CT molecular complexity index is 1170. The molecule has 0 amide bonds. The summed E-state index contributed by atoms with van der Waals surface area (Å²) in [5.41, 5.74) is -0.940. The molecule has 3 aromatic heterocycles. The van der Waals surface area contributed by atoms with Crippen LogP contribution in [0.1, 0.15) is 11.1 Å². The fourth-order valence-electron chi connectivity index (χ4n) is 2.83. The molecule has 140 valence electrons. The van der Waals surface area contributed by atoms with Crippen LogP contribution in [0.5, 0.6) is 0 Å². The number of benzene rings is 1. The second-order valence-electron chi connectivity index (χ2n) is 5.97. The summed E-state index contributed by atoms with van der Waals surface area (Å²) in [5.74, 6) is 0.210. The van der Waals surface area contributed by atoms with Crippen molar-refractivity contribution in [2.45, 2.75) is 12.4 Å². The van der Waals surface area contributed by atoms with Crippen molar-refractivity contribution in [1.82, 2.24) is 19.5 Å². The van der Waals surface area contributed by atoms with Gasteiger partial charge in [0.2, 0.25) is 0 Å². The topological polar surface area (TPSA) is 44.8 Å². The molecule has 0 fully saturated rings. The van der Waals surface area contributed by atoms with E-state index < -0.39 is 23.5 Å². The average molecular weight is 383 g/mol. The van der Waals surface area contributed by atoms with Crippen LogP contribution in [0.4, 0.5) is 26.3 Å². The molecule has 0 bridgehead atoms. The molecule has 1 aromatic carbocycles. The molecule has 0 spiro atoms. The van der Waals surface area contributed by atoms with Crippen LogP contribution in [0.15, 0.2) is 36.5 Å². The summed E-state index contributed by atoms with van der Waals surface area (Å²) in [5, 5.41) is 0.260. The van der Waals surface area contributed by atoms with Crippen LogP contribution in [0.3, 0.4) is 0 Å². The van der Waals surface area contributed by atoms with E-state index in [0.717, 1.165) is 18.2 Å². The first-order valence-electron chi connectivity index (χ1n) is 7.59. The largest absolute Gasteiger partial charge is 0.654 e. The van der Waals surface area contributed by atoms with Gasteiger partial charge in [-0.1, -0.05) is 23.9 Å². The number of hydrogen-bond donors (Lipinski definition) is 0. The molecule has 4 aromatic rings. The van der Waals surface area contributed by atoms with Gasteiger partial charge in [-0.15, -0.1) is 5.52 Å². The molecule has 0 N–H and O–H groups in total. The highest BCUT2D eigenvalue weighted by atomic mass is 19.4. The minimum Gasteiger partial charge on any atom is -0.654 e. The van der Waals surface area contributed by atoms with Gasteiger partial charge in [0, 0.05) is 13.2 Å². The molecule has 0 saturated heterocycles. The molecule has 0 saturated carbocycles. The van der Waals surface area contributed by atoms with Gasteiger partial charge in [0.1, 0.15) is 11.3 Å². The van der Waals surface area contributed by atoms with Crippen LogP contribution in [0.25, 0.3) is 33.6 Å². The fourth-order valence-corrected chi connectivity index (χ4v) is 2.83. The van der Waals surface area contributed by atoms with Gasteiger partial charge in [0.25, 0.3) is 0 Å². The normalized spacial score (nSPS) is 13.0. The first kappa shape index (κ1) is 17.4. The number of aromatic nitrogens is 4. The maximum absolute atomic E-state index is 12.8. The molecule has 4 rings (SSSR count). The third-order valence-electron chi connectivity index (χ3n) is 4.15. The van der Waals surface area contributed by atoms with Crippen LogP contribution in [-0.2, 0) is 19.4 Å². The molecule has 0 atom stereocenters. The van der Waals surface area contributed by atoms with E-state index in [1.807, 2.05) is 0 Å². The van der Waals surface area contributed by atoms with E-state index in [9.17, 15) is 26.3 Å². The number of fused-ring (bicyclic) bond motifs is 2. The van der Waals surface area contributed by atoms with Crippen molar-refractivity contribution >= 4 is 22.1 Å². The zero-order valence-electron chi connectivity index (χ0n) is 13.5. The van der Waals surface area contributed by atoms with E-state index in [2.05, 4.69) is 15.0 Å². The van der Waals surface area contributed by atoms with E-state index >= 15 is 0 Å². The Hall–Kier alpha value is -3.04. The average Bonchev–Trinajstić information content (AvgIpc) is 3.13. The lowest BCUT2D eigenvalue weighted by atomic mass is 10.1. The predicted molar refractivity (Wildman–Crippen MR) is 84.8 cm³/mol. The molecule has 0 radical (unpaired) electrons. The number of aryl methyl sites for hydroxylation is 1. The van der Waals surface area contributed by atoms with Gasteiger partial charge < -0.3 is 9.55 Å². The van der Waals surface area contributed by atoms with Gasteiger partial charge in [0.15, 0.2) is 5.65 Å². The smallest absolute Gasteiger partial charge is 0.417 e. The minimum atomic E-state index is -4.56. The summed E-state index contributed by atoms with van der Waals surface area (Å²) < 4.78 is 78.5. The van der Waals surface area contributed by atoms with Crippen LogP contribution in [-0.4, -0.2) is 14.5 Å². The molecule has 4 nitrogen and oxygen atoms in total. The number of imidazole rings is 1. The maximum atomic E-state index is 12.8. The summed E-state index contributed by atoms with van der Waals surface area (Å²) in [6.07, 6.45) is -8.33. The van der Waals surface area contributed by atoms with Gasteiger partial charge in [-0.3, -0.25) is 0 Å². The molecular formula is C17H9F6N4-. The number of rotatable bonds is 1. The van der Waals surface area contributed by atoms with Crippen molar-refractivity contribution in [2.75, 3.05) is 0 Å². The van der Waals surface area contributed by atoms with Crippen molar-refractivity contribution in [2.24, 2.45) is 7.05 Å². The van der Waals surface area contributed by atoms with Crippen molar-refractivity contribution in [3.8, 4) is 11.5 Å². The SMILES string of the molecule is Cn1c(-c2cc3cc(C(F)(F)F)ccc3[n-]2)nc2cc(C(F)(F)F)cnc21. The summed E-state index contributed by atoms with van der Waals surface area (Å²) >= 11 is 0. The van der Waals surface area contributed by atoms with Crippen molar-refractivity contribution in [3.63, 3.8) is 0 Å². The third-order valence-corrected chi connectivity index (χ3v) is 4.15. The van der Waals surface area contributed by atoms with E-state index in [1.54, 1.807) is 7.05 Å². The lowest BCUT2D eigenvalue weighted by molar-refractivity contribution is -0.138. The van der Waals surface area contributed by atoms with Crippen LogP contribution in [0, 0.1) is 0 Å². The van der Waals surface area contributed by atoms with Crippen molar-refractivity contribution < 1.29 is 26.3 Å². The zero-order valence-corrected chi connectivity index (χ0v) is 13.5. The molecule has 0 unspecified atom stereocenters. The molecule has 0 aliphatic rings. The summed E-state index contributed by atoms with van der Waals surface area (Å²) in [6.45, 7) is 0. The highest BCUT2D eigenvalue weighted by Crippen LogP contribution is 2.34. The Morgan fingerprint density at radius 1 is 0.926 bits per heavy atom. The monoisotopic (exact) mass is 383 g/mol. The molecular weight excluding hydrogens is 374 g/mol. The Morgan fingerprint density at radius 3 is 2.30 bits per heavy atom. The van der Waals surface area contributed by atoms with Crippen LogP contribution >= 0.6 is 0 Å². The lowest BCUT2D eigenvalue weighted by Gasteiger charge is -2.08. The first-order valence-corrected chi connectivity index (χ1v) is 7.59. The Balaban J connectivity index is 1.85. The molecule has 10 heteroatoms. The summed E-state index contributed by atoms with van der Waals surface area (Å²) in [7, 11) is 1.55. The number of hydrogen-bond acceptors (Lipinski definition) is 2. The highest BCUT2D eigenvalue weighted by Gasteiger charge is 2.32. The Labute approximate surface area is 147 Å². The van der Waals surface area contributed by atoms with E-state index in [1.165, 1.54) is 16.7 Å². The second kappa shape index (κ2) is 5.48. The van der Waals surface area contributed by atoms with Gasteiger partial charge >= 0.3 is 12.4 Å². The van der Waals surface area contributed by atoms with Gasteiger partial charge in [-0.2, -0.15) is 26.3 Å². The quantitative estimate of drug-likeness (QED) is 0.444. The lowest BCUT2D eigenvalue weighted by Crippen LogP contribution is -2.05. The second-order valence-corrected chi connectivity index (χ2v) is 5.97. The number of alkyl halides is 6. The van der Waals surface area contributed by atoms with Gasteiger partial charge in [0.05, 0.1) is 11.1 Å². The third kappa shape index (κ3) is 2.90. The minimum absolute atomic E-state index is 0.0189. The van der Waals surface area contributed by atoms with E-state index in [4.69, 9.17) is 0 Å².